The van der Waals surface area contributed by atoms with Crippen LogP contribution >= 0.6 is 0 Å². The molecule has 150 valence electrons. The van der Waals surface area contributed by atoms with Crippen molar-refractivity contribution in [2.45, 2.75) is 46.1 Å². The minimum atomic E-state index is -0.776. The zero-order valence-corrected chi connectivity index (χ0v) is 16.4. The molecule has 28 heavy (non-hydrogen) atoms. The minimum Gasteiger partial charge on any atom is -0.460 e. The molecule has 0 aliphatic heterocycles. The van der Waals surface area contributed by atoms with Crippen LogP contribution in [-0.2, 0) is 14.3 Å². The van der Waals surface area contributed by atoms with Gasteiger partial charge in [0.25, 0.3) is 5.56 Å². The highest BCUT2D eigenvalue weighted by atomic mass is 16.6. The van der Waals surface area contributed by atoms with E-state index in [1.165, 1.54) is 0 Å². The number of rotatable bonds is 5. The molecule has 1 aromatic heterocycles. The third-order valence-electron chi connectivity index (χ3n) is 5.45. The topological polar surface area (TPSA) is 98.3 Å². The van der Waals surface area contributed by atoms with Crippen LogP contribution in [0, 0.1) is 17.8 Å². The van der Waals surface area contributed by atoms with Gasteiger partial charge in [0.1, 0.15) is 6.10 Å². The summed E-state index contributed by atoms with van der Waals surface area (Å²) in [5, 5.41) is 6.77. The van der Waals surface area contributed by atoms with Crippen LogP contribution in [0.2, 0.25) is 0 Å². The molecule has 7 nitrogen and oxygen atoms in total. The van der Waals surface area contributed by atoms with E-state index in [2.05, 4.69) is 31.0 Å². The Morgan fingerprint density at radius 3 is 2.64 bits per heavy atom. The van der Waals surface area contributed by atoms with E-state index in [1.807, 2.05) is 0 Å². The number of benzene rings is 1. The van der Waals surface area contributed by atoms with Crippen molar-refractivity contribution in [1.82, 2.24) is 10.2 Å². The predicted molar refractivity (Wildman–Crippen MR) is 104 cm³/mol. The van der Waals surface area contributed by atoms with Crippen LogP contribution in [-0.4, -0.2) is 34.8 Å². The molecule has 0 unspecified atom stereocenters. The molecule has 1 aromatic carbocycles. The average Bonchev–Trinajstić information content (AvgIpc) is 2.66. The molecule has 3 atom stereocenters. The molecular weight excluding hydrogens is 360 g/mol. The van der Waals surface area contributed by atoms with Gasteiger partial charge in [0, 0.05) is 5.39 Å². The van der Waals surface area contributed by atoms with Crippen molar-refractivity contribution in [3.63, 3.8) is 0 Å². The highest BCUT2D eigenvalue weighted by Crippen LogP contribution is 2.35. The molecule has 1 aliphatic carbocycles. The van der Waals surface area contributed by atoms with E-state index in [9.17, 15) is 14.4 Å². The molecule has 0 spiro atoms. The van der Waals surface area contributed by atoms with Gasteiger partial charge in [-0.1, -0.05) is 45.4 Å². The Kier molecular flexibility index (Phi) is 6.11. The van der Waals surface area contributed by atoms with E-state index >= 15 is 0 Å². The first-order valence-corrected chi connectivity index (χ1v) is 9.70. The van der Waals surface area contributed by atoms with Crippen molar-refractivity contribution >= 4 is 22.7 Å². The molecule has 7 heteroatoms. The smallest absolute Gasteiger partial charge is 0.360 e. The second-order valence-electron chi connectivity index (χ2n) is 7.88. The highest BCUT2D eigenvalue weighted by molar-refractivity contribution is 6.02. The molecule has 1 N–H and O–H groups in total. The van der Waals surface area contributed by atoms with Gasteiger partial charge in [-0.25, -0.2) is 14.7 Å². The van der Waals surface area contributed by atoms with Crippen LogP contribution in [0.25, 0.3) is 10.8 Å². The Morgan fingerprint density at radius 2 is 1.93 bits per heavy atom. The number of hydrogen-bond acceptors (Lipinski definition) is 6. The van der Waals surface area contributed by atoms with Crippen LogP contribution < -0.4 is 5.56 Å². The van der Waals surface area contributed by atoms with E-state index in [0.29, 0.717) is 28.5 Å². The quantitative estimate of drug-likeness (QED) is 0.793. The number of aromatic amines is 1. The SMILES string of the molecule is CC(C)[C@@H]1CC[C@@H](C)C[C@H]1OC(=O)COC(=O)c1n[nH]c(=O)c2ccccc12. The molecular formula is C21H26N2O5. The minimum absolute atomic E-state index is 0.0330. The molecule has 1 saturated carbocycles. The predicted octanol–water partition coefficient (Wildman–Crippen LogP) is 3.08. The Hall–Kier alpha value is -2.70. The van der Waals surface area contributed by atoms with Crippen molar-refractivity contribution in [3.05, 3.63) is 40.3 Å². The lowest BCUT2D eigenvalue weighted by molar-refractivity contribution is -0.159. The standard InChI is InChI=1S/C21H26N2O5/c1-12(2)14-9-8-13(3)10-17(14)28-18(24)11-27-21(26)19-15-6-4-5-7-16(15)20(25)23-22-19/h4-7,12-14,17H,8-11H2,1-3H3,(H,23,25)/t13-,14+,17-/m1/s1. The summed E-state index contributed by atoms with van der Waals surface area (Å²) < 4.78 is 10.7. The fraction of sp³-hybridized carbons (Fsp3) is 0.524. The summed E-state index contributed by atoms with van der Waals surface area (Å²) in [6, 6.07) is 6.60. The number of fused-ring (bicyclic) bond motifs is 1. The number of aromatic nitrogens is 2. The lowest BCUT2D eigenvalue weighted by Crippen LogP contribution is -2.36. The van der Waals surface area contributed by atoms with Gasteiger partial charge in [0.05, 0.1) is 5.39 Å². The summed E-state index contributed by atoms with van der Waals surface area (Å²) in [4.78, 5) is 36.4. The first kappa shape index (κ1) is 20.0. The van der Waals surface area contributed by atoms with Crippen molar-refractivity contribution in [2.24, 2.45) is 17.8 Å². The number of carbonyl (C=O) groups is 2. The van der Waals surface area contributed by atoms with Crippen molar-refractivity contribution in [3.8, 4) is 0 Å². The molecule has 3 rings (SSSR count). The van der Waals surface area contributed by atoms with Gasteiger partial charge in [0.2, 0.25) is 0 Å². The Bertz CT molecular complexity index is 920. The number of carbonyl (C=O) groups excluding carboxylic acids is 2. The van der Waals surface area contributed by atoms with Crippen LogP contribution in [0.3, 0.4) is 0 Å². The summed E-state index contributed by atoms with van der Waals surface area (Å²) in [5.74, 6) is -0.0917. The van der Waals surface area contributed by atoms with Gasteiger partial charge in [-0.05, 0) is 36.7 Å². The summed E-state index contributed by atoms with van der Waals surface area (Å²) in [7, 11) is 0. The largest absolute Gasteiger partial charge is 0.460 e. The Balaban J connectivity index is 1.64. The van der Waals surface area contributed by atoms with E-state index < -0.39 is 24.1 Å². The number of nitrogens with one attached hydrogen (secondary N) is 1. The Labute approximate surface area is 163 Å². The third kappa shape index (κ3) is 4.40. The van der Waals surface area contributed by atoms with Crippen LogP contribution in [0.1, 0.15) is 50.5 Å². The number of H-pyrrole nitrogens is 1. The van der Waals surface area contributed by atoms with E-state index in [-0.39, 0.29) is 11.8 Å². The van der Waals surface area contributed by atoms with Gasteiger partial charge < -0.3 is 9.47 Å². The monoisotopic (exact) mass is 386 g/mol. The zero-order chi connectivity index (χ0) is 20.3. The molecule has 1 aliphatic rings. The first-order chi connectivity index (χ1) is 13.4. The molecule has 0 amide bonds. The maximum atomic E-state index is 12.4. The maximum absolute atomic E-state index is 12.4. The summed E-state index contributed by atoms with van der Waals surface area (Å²) in [6.45, 7) is 5.94. The van der Waals surface area contributed by atoms with E-state index in [4.69, 9.17) is 9.47 Å². The molecule has 2 aromatic rings. The van der Waals surface area contributed by atoms with E-state index in [0.717, 1.165) is 19.3 Å². The molecule has 0 saturated heterocycles. The van der Waals surface area contributed by atoms with Crippen molar-refractivity contribution < 1.29 is 19.1 Å². The molecule has 1 fully saturated rings. The lowest BCUT2D eigenvalue weighted by atomic mass is 9.75. The number of hydrogen-bond donors (Lipinski definition) is 1. The highest BCUT2D eigenvalue weighted by Gasteiger charge is 2.33. The first-order valence-electron chi connectivity index (χ1n) is 9.70. The average molecular weight is 386 g/mol. The van der Waals surface area contributed by atoms with Gasteiger partial charge >= 0.3 is 11.9 Å². The van der Waals surface area contributed by atoms with Gasteiger partial charge in [0.15, 0.2) is 12.3 Å². The second-order valence-corrected chi connectivity index (χ2v) is 7.88. The normalized spacial score (nSPS) is 22.2. The fourth-order valence-corrected chi connectivity index (χ4v) is 3.92. The van der Waals surface area contributed by atoms with Crippen LogP contribution in [0.15, 0.2) is 29.1 Å². The van der Waals surface area contributed by atoms with Gasteiger partial charge in [-0.15, -0.1) is 0 Å². The van der Waals surface area contributed by atoms with Crippen molar-refractivity contribution in [1.29, 1.82) is 0 Å². The Morgan fingerprint density at radius 1 is 1.21 bits per heavy atom. The number of esters is 2. The summed E-state index contributed by atoms with van der Waals surface area (Å²) >= 11 is 0. The summed E-state index contributed by atoms with van der Waals surface area (Å²) in [6.07, 6.45) is 2.84. The number of ether oxygens (including phenoxy) is 2. The fourth-order valence-electron chi connectivity index (χ4n) is 3.92. The van der Waals surface area contributed by atoms with Crippen LogP contribution in [0.4, 0.5) is 0 Å². The van der Waals surface area contributed by atoms with Gasteiger partial charge in [-0.2, -0.15) is 5.10 Å². The number of nitrogens with zero attached hydrogens (tertiary/aromatic N) is 1. The maximum Gasteiger partial charge on any atom is 0.360 e. The van der Waals surface area contributed by atoms with Gasteiger partial charge in [-0.3, -0.25) is 4.79 Å². The van der Waals surface area contributed by atoms with Crippen LogP contribution in [0.5, 0.6) is 0 Å². The van der Waals surface area contributed by atoms with E-state index in [1.54, 1.807) is 24.3 Å². The zero-order valence-electron chi connectivity index (χ0n) is 16.4. The molecule has 1 heterocycles. The van der Waals surface area contributed by atoms with Crippen molar-refractivity contribution in [2.75, 3.05) is 6.61 Å². The lowest BCUT2D eigenvalue weighted by Gasteiger charge is -2.36. The second kappa shape index (κ2) is 8.54. The molecule has 0 bridgehead atoms. The molecule has 0 radical (unpaired) electrons. The summed E-state index contributed by atoms with van der Waals surface area (Å²) in [5.41, 5.74) is -0.424. The third-order valence-corrected chi connectivity index (χ3v) is 5.45.